The summed E-state index contributed by atoms with van der Waals surface area (Å²) in [5.74, 6) is -0.201. The van der Waals surface area contributed by atoms with Crippen molar-refractivity contribution < 1.29 is 24.0 Å². The van der Waals surface area contributed by atoms with Gasteiger partial charge in [0.15, 0.2) is 11.5 Å². The summed E-state index contributed by atoms with van der Waals surface area (Å²) in [5.41, 5.74) is 3.46. The molecule has 0 aromatic heterocycles. The lowest BCUT2D eigenvalue weighted by molar-refractivity contribution is -0.384. The van der Waals surface area contributed by atoms with Gasteiger partial charge in [-0.05, 0) is 54.4 Å². The summed E-state index contributed by atoms with van der Waals surface area (Å²) < 4.78 is 11.0. The molecule has 1 fully saturated rings. The van der Waals surface area contributed by atoms with Crippen molar-refractivity contribution in [3.63, 3.8) is 0 Å². The van der Waals surface area contributed by atoms with Crippen LogP contribution in [0, 0.1) is 10.1 Å². The van der Waals surface area contributed by atoms with Gasteiger partial charge in [-0.3, -0.25) is 24.7 Å². The standard InChI is InChI=1S/C29H27N5O6/c1-17(29(36)33-12-10-30-11-13-33)18-2-5-20(6-3-18)31-27(19-4-9-24-25(14-19)40-16-39-24)26-22-8-7-21(34(37)38)15-23(22)32-28(26)35/h2-9,14-15,17,26,30H,10-13,16H2,1H3,(H,32,35). The summed E-state index contributed by atoms with van der Waals surface area (Å²) in [5, 5.41) is 17.3. The number of anilines is 1. The molecule has 3 heterocycles. The second-order valence-corrected chi connectivity index (χ2v) is 9.90. The third kappa shape index (κ3) is 4.75. The molecule has 2 amide bonds. The van der Waals surface area contributed by atoms with E-state index in [1.165, 1.54) is 12.1 Å². The number of nitro groups is 1. The number of amides is 2. The molecule has 6 rings (SSSR count). The van der Waals surface area contributed by atoms with Crippen molar-refractivity contribution in [3.05, 3.63) is 87.5 Å². The van der Waals surface area contributed by atoms with Gasteiger partial charge in [0.2, 0.25) is 18.6 Å². The van der Waals surface area contributed by atoms with Gasteiger partial charge < -0.3 is 25.0 Å². The highest BCUT2D eigenvalue weighted by Crippen LogP contribution is 2.40. The minimum atomic E-state index is -0.802. The van der Waals surface area contributed by atoms with Gasteiger partial charge in [-0.25, -0.2) is 0 Å². The fourth-order valence-electron chi connectivity index (χ4n) is 5.27. The van der Waals surface area contributed by atoms with Gasteiger partial charge in [-0.1, -0.05) is 12.1 Å². The third-order valence-corrected chi connectivity index (χ3v) is 7.46. The number of fused-ring (bicyclic) bond motifs is 2. The average Bonchev–Trinajstić information content (AvgIpc) is 3.58. The second kappa shape index (κ2) is 10.4. The molecule has 3 aliphatic heterocycles. The van der Waals surface area contributed by atoms with Crippen LogP contribution in [0.25, 0.3) is 0 Å². The summed E-state index contributed by atoms with van der Waals surface area (Å²) in [6.45, 7) is 4.98. The molecule has 3 aromatic carbocycles. The Hall–Kier alpha value is -4.77. The van der Waals surface area contributed by atoms with E-state index in [4.69, 9.17) is 14.5 Å². The first-order chi connectivity index (χ1) is 19.4. The van der Waals surface area contributed by atoms with Gasteiger partial charge in [-0.15, -0.1) is 0 Å². The molecule has 11 heteroatoms. The van der Waals surface area contributed by atoms with Gasteiger partial charge >= 0.3 is 0 Å². The fourth-order valence-corrected chi connectivity index (χ4v) is 5.27. The number of carbonyl (C=O) groups is 2. The van der Waals surface area contributed by atoms with Crippen LogP contribution < -0.4 is 20.1 Å². The topological polar surface area (TPSA) is 135 Å². The average molecular weight is 542 g/mol. The second-order valence-electron chi connectivity index (χ2n) is 9.90. The van der Waals surface area contributed by atoms with E-state index in [1.54, 1.807) is 18.2 Å². The van der Waals surface area contributed by atoms with Crippen molar-refractivity contribution in [2.24, 2.45) is 4.99 Å². The van der Waals surface area contributed by atoms with Gasteiger partial charge in [0.1, 0.15) is 5.92 Å². The highest BCUT2D eigenvalue weighted by molar-refractivity contribution is 6.24. The van der Waals surface area contributed by atoms with Crippen LogP contribution >= 0.6 is 0 Å². The maximum absolute atomic E-state index is 13.3. The van der Waals surface area contributed by atoms with Crippen LogP contribution in [0.1, 0.15) is 35.4 Å². The van der Waals surface area contributed by atoms with Crippen LogP contribution in [0.2, 0.25) is 0 Å². The number of non-ortho nitro benzene ring substituents is 1. The third-order valence-electron chi connectivity index (χ3n) is 7.46. The van der Waals surface area contributed by atoms with Gasteiger partial charge in [-0.2, -0.15) is 0 Å². The van der Waals surface area contributed by atoms with Crippen molar-refractivity contribution in [3.8, 4) is 11.5 Å². The molecule has 40 heavy (non-hydrogen) atoms. The first-order valence-corrected chi connectivity index (χ1v) is 13.1. The Morgan fingerprint density at radius 3 is 2.55 bits per heavy atom. The van der Waals surface area contributed by atoms with E-state index < -0.39 is 10.8 Å². The molecule has 2 unspecified atom stereocenters. The molecule has 0 bridgehead atoms. The lowest BCUT2D eigenvalue weighted by Crippen LogP contribution is -2.47. The van der Waals surface area contributed by atoms with Gasteiger partial charge in [0.05, 0.1) is 27.9 Å². The number of hydrogen-bond acceptors (Lipinski definition) is 8. The molecule has 11 nitrogen and oxygen atoms in total. The molecule has 0 spiro atoms. The van der Waals surface area contributed by atoms with Crippen molar-refractivity contribution >= 4 is 34.6 Å². The number of nitro benzene ring substituents is 1. The number of rotatable bonds is 6. The summed E-state index contributed by atoms with van der Waals surface area (Å²) in [7, 11) is 0. The fraction of sp³-hybridized carbons (Fsp3) is 0.276. The van der Waals surface area contributed by atoms with Crippen LogP contribution in [-0.2, 0) is 9.59 Å². The summed E-state index contributed by atoms with van der Waals surface area (Å²) >= 11 is 0. The molecule has 2 N–H and O–H groups in total. The number of ether oxygens (including phenoxy) is 2. The molecule has 1 saturated heterocycles. The zero-order chi connectivity index (χ0) is 27.8. The van der Waals surface area contributed by atoms with E-state index in [0.29, 0.717) is 52.8 Å². The first-order valence-electron chi connectivity index (χ1n) is 13.1. The summed E-state index contributed by atoms with van der Waals surface area (Å²) in [6, 6.07) is 17.1. The molecule has 0 aliphatic carbocycles. The first kappa shape index (κ1) is 25.5. The zero-order valence-electron chi connectivity index (χ0n) is 21.8. The lowest BCUT2D eigenvalue weighted by Gasteiger charge is -2.30. The number of nitrogens with one attached hydrogen (secondary N) is 2. The summed E-state index contributed by atoms with van der Waals surface area (Å²) in [4.78, 5) is 43.8. The number of piperazine rings is 1. The van der Waals surface area contributed by atoms with Crippen molar-refractivity contribution in [1.82, 2.24) is 10.2 Å². The summed E-state index contributed by atoms with van der Waals surface area (Å²) in [6.07, 6.45) is 0. The molecule has 204 valence electrons. The van der Waals surface area contributed by atoms with E-state index in [-0.39, 0.29) is 30.2 Å². The van der Waals surface area contributed by atoms with Crippen molar-refractivity contribution in [2.45, 2.75) is 18.8 Å². The molecule has 0 radical (unpaired) electrons. The lowest BCUT2D eigenvalue weighted by atomic mass is 9.90. The molecule has 0 saturated carbocycles. The molecule has 2 atom stereocenters. The number of benzene rings is 3. The number of aliphatic imine (C=N–C) groups is 1. The predicted octanol–water partition coefficient (Wildman–Crippen LogP) is 3.72. The highest BCUT2D eigenvalue weighted by atomic mass is 16.7. The quantitative estimate of drug-likeness (QED) is 0.276. The largest absolute Gasteiger partial charge is 0.454 e. The zero-order valence-corrected chi connectivity index (χ0v) is 21.8. The van der Waals surface area contributed by atoms with E-state index in [9.17, 15) is 19.7 Å². The normalized spacial score (nSPS) is 18.7. The highest BCUT2D eigenvalue weighted by Gasteiger charge is 2.37. The van der Waals surface area contributed by atoms with E-state index in [0.717, 1.165) is 18.7 Å². The van der Waals surface area contributed by atoms with Crippen LogP contribution in [0.3, 0.4) is 0 Å². The Morgan fingerprint density at radius 2 is 1.80 bits per heavy atom. The Kier molecular flexibility index (Phi) is 6.64. The SMILES string of the molecule is CC(C(=O)N1CCNCC1)c1ccc(N=C(c2ccc3c(c2)OCO3)C2C(=O)Nc3cc([N+](=O)[O-])ccc32)cc1. The Labute approximate surface area is 230 Å². The van der Waals surface area contributed by atoms with Gasteiger partial charge in [0, 0.05) is 43.9 Å². The van der Waals surface area contributed by atoms with Gasteiger partial charge in [0.25, 0.3) is 5.69 Å². The predicted molar refractivity (Wildman–Crippen MR) is 148 cm³/mol. The van der Waals surface area contributed by atoms with Crippen LogP contribution in [-0.4, -0.2) is 60.3 Å². The number of nitrogens with zero attached hydrogens (tertiary/aromatic N) is 3. The van der Waals surface area contributed by atoms with E-state index in [1.807, 2.05) is 42.2 Å². The minimum Gasteiger partial charge on any atom is -0.454 e. The maximum Gasteiger partial charge on any atom is 0.271 e. The maximum atomic E-state index is 13.3. The van der Waals surface area contributed by atoms with Crippen molar-refractivity contribution in [1.29, 1.82) is 0 Å². The van der Waals surface area contributed by atoms with Crippen LogP contribution in [0.5, 0.6) is 11.5 Å². The molecule has 3 aliphatic rings. The molecular weight excluding hydrogens is 514 g/mol. The van der Waals surface area contributed by atoms with E-state index in [2.05, 4.69) is 10.6 Å². The van der Waals surface area contributed by atoms with E-state index >= 15 is 0 Å². The Morgan fingerprint density at radius 1 is 1.05 bits per heavy atom. The minimum absolute atomic E-state index is 0.0899. The van der Waals surface area contributed by atoms with Crippen molar-refractivity contribution in [2.75, 3.05) is 38.3 Å². The van der Waals surface area contributed by atoms with Crippen LogP contribution in [0.4, 0.5) is 17.1 Å². The molecule has 3 aromatic rings. The molecular formula is C29H27N5O6. The Bertz CT molecular complexity index is 1530. The Balaban J connectivity index is 1.36. The number of carbonyl (C=O) groups excluding carboxylic acids is 2. The monoisotopic (exact) mass is 541 g/mol. The smallest absolute Gasteiger partial charge is 0.271 e. The van der Waals surface area contributed by atoms with Crippen LogP contribution in [0.15, 0.2) is 65.7 Å². The number of hydrogen-bond donors (Lipinski definition) is 2.